The van der Waals surface area contributed by atoms with E-state index < -0.39 is 0 Å². The Bertz CT molecular complexity index is 249. The van der Waals surface area contributed by atoms with Gasteiger partial charge in [0.15, 0.2) is 0 Å². The maximum Gasteiger partial charge on any atom is 0.0690 e. The fourth-order valence-electron chi connectivity index (χ4n) is 1.11. The van der Waals surface area contributed by atoms with Crippen molar-refractivity contribution in [3.05, 3.63) is 29.8 Å². The molecule has 0 spiro atoms. The van der Waals surface area contributed by atoms with Crippen LogP contribution in [0, 0.1) is 0 Å². The van der Waals surface area contributed by atoms with Crippen LogP contribution in [0.25, 0.3) is 0 Å². The van der Waals surface area contributed by atoms with Gasteiger partial charge in [-0.2, -0.15) is 0 Å². The molecule has 0 aliphatic carbocycles. The lowest BCUT2D eigenvalue weighted by Crippen LogP contribution is -2.20. The van der Waals surface area contributed by atoms with Crippen LogP contribution in [0.4, 0.5) is 5.69 Å². The maximum absolute atomic E-state index is 4.19. The Kier molecular flexibility index (Phi) is 1.32. The molecular formula is C7H8N2S. The summed E-state index contributed by atoms with van der Waals surface area (Å²) in [5, 5.41) is 0. The third-order valence-corrected chi connectivity index (χ3v) is 2.00. The van der Waals surface area contributed by atoms with Gasteiger partial charge in [0.05, 0.1) is 5.69 Å². The highest BCUT2D eigenvalue weighted by atomic mass is 32.1. The molecule has 0 aromatic heterocycles. The first-order valence-corrected chi connectivity index (χ1v) is 3.58. The van der Waals surface area contributed by atoms with Gasteiger partial charge in [0, 0.05) is 6.54 Å². The van der Waals surface area contributed by atoms with Crippen LogP contribution in [-0.4, -0.2) is 0 Å². The van der Waals surface area contributed by atoms with Crippen molar-refractivity contribution < 1.29 is 0 Å². The highest BCUT2D eigenvalue weighted by Gasteiger charge is 2.13. The average molecular weight is 152 g/mol. The molecule has 0 amide bonds. The Labute approximate surface area is 65.4 Å². The minimum atomic E-state index is 0.889. The number of para-hydroxylation sites is 1. The van der Waals surface area contributed by atoms with Gasteiger partial charge in [-0.3, -0.25) is 4.41 Å². The molecule has 2 rings (SSSR count). The largest absolute Gasteiger partial charge is 0.253 e. The van der Waals surface area contributed by atoms with Crippen molar-refractivity contribution in [2.45, 2.75) is 6.54 Å². The molecule has 0 atom stereocenters. The molecule has 1 aromatic carbocycles. The molecular weight excluding hydrogens is 144 g/mol. The standard InChI is InChI=1S/C7H8N2S/c10-9-7-4-2-1-3-6(7)5-8-9/h1-4,8,10H,5H2. The molecule has 0 fully saturated rings. The molecule has 1 aliphatic rings. The van der Waals surface area contributed by atoms with Crippen LogP contribution in [0.5, 0.6) is 0 Å². The first-order chi connectivity index (χ1) is 4.88. The summed E-state index contributed by atoms with van der Waals surface area (Å²) in [4.78, 5) is 0. The van der Waals surface area contributed by atoms with Crippen LogP contribution in [0.3, 0.4) is 0 Å². The maximum atomic E-state index is 4.19. The Balaban J connectivity index is 2.51. The predicted octanol–water partition coefficient (Wildman–Crippen LogP) is 1.36. The molecule has 1 aliphatic heterocycles. The van der Waals surface area contributed by atoms with Gasteiger partial charge in [-0.1, -0.05) is 18.2 Å². The zero-order valence-corrected chi connectivity index (χ0v) is 6.31. The van der Waals surface area contributed by atoms with Crippen molar-refractivity contribution in [1.29, 1.82) is 0 Å². The van der Waals surface area contributed by atoms with Gasteiger partial charge in [-0.25, -0.2) is 5.43 Å². The van der Waals surface area contributed by atoms with Gasteiger partial charge in [-0.05, 0) is 24.4 Å². The van der Waals surface area contributed by atoms with Crippen LogP contribution in [0.15, 0.2) is 24.3 Å². The summed E-state index contributed by atoms with van der Waals surface area (Å²) < 4.78 is 1.75. The van der Waals surface area contributed by atoms with Crippen molar-refractivity contribution >= 4 is 18.5 Å². The lowest BCUT2D eigenvalue weighted by atomic mass is 10.2. The molecule has 0 bridgehead atoms. The number of rotatable bonds is 0. The topological polar surface area (TPSA) is 15.3 Å². The van der Waals surface area contributed by atoms with E-state index in [0.29, 0.717) is 0 Å². The zero-order chi connectivity index (χ0) is 6.97. The molecule has 1 aromatic rings. The number of nitrogens with one attached hydrogen (secondary N) is 1. The smallest absolute Gasteiger partial charge is 0.0690 e. The fourth-order valence-corrected chi connectivity index (χ4v) is 1.38. The van der Waals surface area contributed by atoms with Crippen molar-refractivity contribution in [2.75, 3.05) is 4.41 Å². The van der Waals surface area contributed by atoms with E-state index in [2.05, 4.69) is 24.3 Å². The van der Waals surface area contributed by atoms with Gasteiger partial charge in [-0.15, -0.1) is 0 Å². The van der Waals surface area contributed by atoms with Crippen LogP contribution in [-0.2, 0) is 6.54 Å². The van der Waals surface area contributed by atoms with E-state index in [9.17, 15) is 0 Å². The van der Waals surface area contributed by atoms with Gasteiger partial charge < -0.3 is 0 Å². The van der Waals surface area contributed by atoms with E-state index in [1.165, 1.54) is 5.56 Å². The van der Waals surface area contributed by atoms with Crippen molar-refractivity contribution in [2.24, 2.45) is 0 Å². The number of nitrogens with zero attached hydrogens (tertiary/aromatic N) is 1. The average Bonchev–Trinajstić information content (AvgIpc) is 2.34. The van der Waals surface area contributed by atoms with Gasteiger partial charge in [0.1, 0.15) is 0 Å². The first-order valence-electron chi connectivity index (χ1n) is 3.18. The van der Waals surface area contributed by atoms with Crippen molar-refractivity contribution in [3.63, 3.8) is 0 Å². The van der Waals surface area contributed by atoms with Crippen LogP contribution >= 0.6 is 12.8 Å². The lowest BCUT2D eigenvalue weighted by Gasteiger charge is -2.08. The molecule has 52 valence electrons. The number of thiol groups is 1. The molecule has 10 heavy (non-hydrogen) atoms. The van der Waals surface area contributed by atoms with E-state index in [1.54, 1.807) is 4.41 Å². The summed E-state index contributed by atoms with van der Waals surface area (Å²) in [6, 6.07) is 8.18. The summed E-state index contributed by atoms with van der Waals surface area (Å²) in [5.41, 5.74) is 5.54. The summed E-state index contributed by atoms with van der Waals surface area (Å²) in [6.45, 7) is 0.889. The number of hydrogen-bond acceptors (Lipinski definition) is 3. The second kappa shape index (κ2) is 2.18. The minimum Gasteiger partial charge on any atom is -0.253 e. The first kappa shape index (κ1) is 6.07. The molecule has 0 saturated carbocycles. The van der Waals surface area contributed by atoms with Crippen LogP contribution in [0.1, 0.15) is 5.56 Å². The SMILES string of the molecule is SN1NCc2ccccc21. The molecule has 0 radical (unpaired) electrons. The summed E-state index contributed by atoms with van der Waals surface area (Å²) in [7, 11) is 0. The lowest BCUT2D eigenvalue weighted by molar-refractivity contribution is 0.810. The van der Waals surface area contributed by atoms with E-state index >= 15 is 0 Å². The normalized spacial score (nSPS) is 15.5. The predicted molar refractivity (Wildman–Crippen MR) is 44.7 cm³/mol. The van der Waals surface area contributed by atoms with E-state index in [-0.39, 0.29) is 0 Å². The molecule has 0 saturated heterocycles. The van der Waals surface area contributed by atoms with Crippen molar-refractivity contribution in [3.8, 4) is 0 Å². The quantitative estimate of drug-likeness (QED) is 0.546. The fraction of sp³-hybridized carbons (Fsp3) is 0.143. The van der Waals surface area contributed by atoms with Gasteiger partial charge >= 0.3 is 0 Å². The summed E-state index contributed by atoms with van der Waals surface area (Å²) >= 11 is 4.19. The zero-order valence-electron chi connectivity index (χ0n) is 5.41. The third-order valence-electron chi connectivity index (χ3n) is 1.64. The second-order valence-electron chi connectivity index (χ2n) is 2.28. The third kappa shape index (κ3) is 0.786. The Morgan fingerprint density at radius 2 is 2.20 bits per heavy atom. The Morgan fingerprint density at radius 3 is 3.00 bits per heavy atom. The highest BCUT2D eigenvalue weighted by Crippen LogP contribution is 2.24. The molecule has 1 N–H and O–H groups in total. The molecule has 2 nitrogen and oxygen atoms in total. The second-order valence-corrected chi connectivity index (χ2v) is 2.68. The monoisotopic (exact) mass is 152 g/mol. The van der Waals surface area contributed by atoms with E-state index in [1.807, 2.05) is 18.2 Å². The Morgan fingerprint density at radius 1 is 1.40 bits per heavy atom. The number of anilines is 1. The molecule has 3 heteroatoms. The van der Waals surface area contributed by atoms with Gasteiger partial charge in [0.25, 0.3) is 0 Å². The van der Waals surface area contributed by atoms with Crippen molar-refractivity contribution in [1.82, 2.24) is 5.43 Å². The highest BCUT2D eigenvalue weighted by molar-refractivity contribution is 7.81. The van der Waals surface area contributed by atoms with E-state index in [4.69, 9.17) is 0 Å². The molecule has 1 heterocycles. The summed E-state index contributed by atoms with van der Waals surface area (Å²) in [5.74, 6) is 0. The number of benzene rings is 1. The summed E-state index contributed by atoms with van der Waals surface area (Å²) in [6.07, 6.45) is 0. The minimum absolute atomic E-state index is 0.889. The number of hydrogen-bond donors (Lipinski definition) is 2. The molecule has 0 unspecified atom stereocenters. The Hall–Kier alpha value is -0.670. The van der Waals surface area contributed by atoms with Crippen LogP contribution in [0.2, 0.25) is 0 Å². The van der Waals surface area contributed by atoms with Gasteiger partial charge in [0.2, 0.25) is 0 Å². The number of hydrazine groups is 1. The number of fused-ring (bicyclic) bond motifs is 1. The van der Waals surface area contributed by atoms with Crippen LogP contribution < -0.4 is 9.84 Å². The van der Waals surface area contributed by atoms with E-state index in [0.717, 1.165) is 12.2 Å².